The van der Waals surface area contributed by atoms with Crippen LogP contribution in [0.3, 0.4) is 0 Å². The lowest BCUT2D eigenvalue weighted by molar-refractivity contribution is 0.0678. The van der Waals surface area contributed by atoms with Crippen molar-refractivity contribution >= 4 is 5.69 Å². The molecule has 110 valence electrons. The number of anilines is 1. The summed E-state index contributed by atoms with van der Waals surface area (Å²) < 4.78 is 25.3. The monoisotopic (exact) mass is 280 g/mol. The Balaban J connectivity index is 1.60. The summed E-state index contributed by atoms with van der Waals surface area (Å²) in [5, 5.41) is 3.26. The minimum absolute atomic E-state index is 0.158. The molecule has 1 aromatic carbocycles. The third-order valence-corrected chi connectivity index (χ3v) is 3.84. The first-order valence-corrected chi connectivity index (χ1v) is 7.32. The summed E-state index contributed by atoms with van der Waals surface area (Å²) in [5.41, 5.74) is 0.663. The van der Waals surface area contributed by atoms with Crippen LogP contribution in [0.2, 0.25) is 0 Å². The molecule has 0 aliphatic carbocycles. The zero-order chi connectivity index (χ0) is 13.8. The summed E-state index contributed by atoms with van der Waals surface area (Å²) in [6.45, 7) is 4.80. The Morgan fingerprint density at radius 2 is 2.20 bits per heavy atom. The van der Waals surface area contributed by atoms with Gasteiger partial charge in [-0.05, 0) is 25.0 Å². The Bertz CT molecular complexity index is 443. The van der Waals surface area contributed by atoms with Crippen LogP contribution in [0, 0.1) is 5.82 Å². The van der Waals surface area contributed by atoms with Crippen molar-refractivity contribution in [3.63, 3.8) is 0 Å². The van der Waals surface area contributed by atoms with Crippen LogP contribution in [0.1, 0.15) is 12.8 Å². The minimum atomic E-state index is -0.211. The second-order valence-electron chi connectivity index (χ2n) is 5.30. The smallest absolute Gasteiger partial charge is 0.150 e. The maximum Gasteiger partial charge on any atom is 0.150 e. The van der Waals surface area contributed by atoms with E-state index in [-0.39, 0.29) is 11.9 Å². The van der Waals surface area contributed by atoms with Gasteiger partial charge >= 0.3 is 0 Å². The van der Waals surface area contributed by atoms with Crippen LogP contribution in [0.15, 0.2) is 18.2 Å². The van der Waals surface area contributed by atoms with Gasteiger partial charge in [0.05, 0.1) is 11.8 Å². The first kappa shape index (κ1) is 13.6. The van der Waals surface area contributed by atoms with Crippen molar-refractivity contribution in [2.24, 2.45) is 0 Å². The Morgan fingerprint density at radius 3 is 2.90 bits per heavy atom. The molecule has 0 spiro atoms. The van der Waals surface area contributed by atoms with Crippen molar-refractivity contribution in [1.29, 1.82) is 0 Å². The third kappa shape index (κ3) is 3.22. The van der Waals surface area contributed by atoms with Gasteiger partial charge in [0.1, 0.15) is 18.2 Å². The van der Waals surface area contributed by atoms with E-state index in [1.165, 1.54) is 6.07 Å². The number of halogens is 1. The minimum Gasteiger partial charge on any atom is -0.491 e. The van der Waals surface area contributed by atoms with Gasteiger partial charge in [0, 0.05) is 38.9 Å². The highest BCUT2D eigenvalue weighted by molar-refractivity contribution is 5.51. The number of hydrogen-bond donors (Lipinski definition) is 1. The Labute approximate surface area is 118 Å². The van der Waals surface area contributed by atoms with Crippen molar-refractivity contribution < 1.29 is 13.9 Å². The van der Waals surface area contributed by atoms with Gasteiger partial charge in [-0.25, -0.2) is 4.39 Å². The van der Waals surface area contributed by atoms with E-state index in [1.807, 2.05) is 12.1 Å². The summed E-state index contributed by atoms with van der Waals surface area (Å²) >= 11 is 0. The van der Waals surface area contributed by atoms with Crippen molar-refractivity contribution in [1.82, 2.24) is 5.32 Å². The Kier molecular flexibility index (Phi) is 4.38. The van der Waals surface area contributed by atoms with Gasteiger partial charge in [0.25, 0.3) is 0 Å². The van der Waals surface area contributed by atoms with Crippen LogP contribution in [-0.2, 0) is 4.74 Å². The lowest BCUT2D eigenvalue weighted by Gasteiger charge is -2.29. The highest BCUT2D eigenvalue weighted by atomic mass is 19.1. The molecule has 1 unspecified atom stereocenters. The average molecular weight is 280 g/mol. The zero-order valence-electron chi connectivity index (χ0n) is 11.6. The van der Waals surface area contributed by atoms with E-state index in [2.05, 4.69) is 10.2 Å². The molecular formula is C15H21FN2O2. The van der Waals surface area contributed by atoms with E-state index in [9.17, 15) is 4.39 Å². The molecule has 5 heteroatoms. The van der Waals surface area contributed by atoms with Crippen LogP contribution >= 0.6 is 0 Å². The van der Waals surface area contributed by atoms with E-state index in [1.54, 1.807) is 0 Å². The van der Waals surface area contributed by atoms with E-state index in [0.717, 1.165) is 45.6 Å². The van der Waals surface area contributed by atoms with Crippen LogP contribution < -0.4 is 15.0 Å². The van der Waals surface area contributed by atoms with Crippen molar-refractivity contribution in [3.8, 4) is 5.75 Å². The molecule has 1 N–H and O–H groups in total. The topological polar surface area (TPSA) is 33.7 Å². The highest BCUT2D eigenvalue weighted by Crippen LogP contribution is 2.25. The molecule has 2 heterocycles. The number of nitrogens with zero attached hydrogens (tertiary/aromatic N) is 1. The molecule has 2 aliphatic heterocycles. The molecule has 0 amide bonds. The number of piperazine rings is 1. The zero-order valence-corrected chi connectivity index (χ0v) is 11.6. The number of benzene rings is 1. The summed E-state index contributed by atoms with van der Waals surface area (Å²) in [6.07, 6.45) is 2.27. The second-order valence-corrected chi connectivity index (χ2v) is 5.30. The first-order valence-electron chi connectivity index (χ1n) is 7.32. The number of hydrogen-bond acceptors (Lipinski definition) is 4. The largest absolute Gasteiger partial charge is 0.491 e. The van der Waals surface area contributed by atoms with E-state index in [4.69, 9.17) is 9.47 Å². The van der Waals surface area contributed by atoms with E-state index < -0.39 is 0 Å². The molecule has 4 nitrogen and oxygen atoms in total. The highest BCUT2D eigenvalue weighted by Gasteiger charge is 2.17. The lowest BCUT2D eigenvalue weighted by atomic mass is 10.2. The maximum absolute atomic E-state index is 14.2. The summed E-state index contributed by atoms with van der Waals surface area (Å²) in [5.74, 6) is 0.369. The molecule has 2 aliphatic rings. The van der Waals surface area contributed by atoms with Gasteiger partial charge in [-0.3, -0.25) is 0 Å². The fourth-order valence-electron chi connectivity index (χ4n) is 2.70. The fourth-order valence-corrected chi connectivity index (χ4v) is 2.70. The van der Waals surface area contributed by atoms with Crippen LogP contribution in [0.4, 0.5) is 10.1 Å². The third-order valence-electron chi connectivity index (χ3n) is 3.84. The Hall–Kier alpha value is -1.33. The molecular weight excluding hydrogens is 259 g/mol. The van der Waals surface area contributed by atoms with Gasteiger partial charge in [0.2, 0.25) is 0 Å². The number of nitrogens with one attached hydrogen (secondary N) is 1. The quantitative estimate of drug-likeness (QED) is 0.912. The van der Waals surface area contributed by atoms with Gasteiger partial charge in [-0.1, -0.05) is 0 Å². The molecule has 1 aromatic rings. The molecule has 1 atom stereocenters. The molecule has 0 aromatic heterocycles. The molecule has 3 rings (SSSR count). The van der Waals surface area contributed by atoms with Crippen molar-refractivity contribution in [3.05, 3.63) is 24.0 Å². The summed E-state index contributed by atoms with van der Waals surface area (Å²) in [7, 11) is 0. The standard InChI is InChI=1S/C15H21FN2O2/c16-14-10-12(20-11-13-2-1-9-19-13)3-4-15(14)18-7-5-17-6-8-18/h3-4,10,13,17H,1-2,5-9,11H2. The van der Waals surface area contributed by atoms with Gasteiger partial charge in [-0.15, -0.1) is 0 Å². The number of ether oxygens (including phenoxy) is 2. The number of rotatable bonds is 4. The van der Waals surface area contributed by atoms with Gasteiger partial charge in [0.15, 0.2) is 0 Å². The molecule has 20 heavy (non-hydrogen) atoms. The first-order chi connectivity index (χ1) is 9.83. The SMILES string of the molecule is Fc1cc(OCC2CCCO2)ccc1N1CCNCC1. The second kappa shape index (κ2) is 6.41. The average Bonchev–Trinajstić information content (AvgIpc) is 2.99. The summed E-state index contributed by atoms with van der Waals surface area (Å²) in [6, 6.07) is 5.13. The van der Waals surface area contributed by atoms with Gasteiger partial charge in [-0.2, -0.15) is 0 Å². The van der Waals surface area contributed by atoms with E-state index >= 15 is 0 Å². The predicted octanol–water partition coefficient (Wildman–Crippen LogP) is 1.79. The van der Waals surface area contributed by atoms with Crippen LogP contribution in [-0.4, -0.2) is 45.5 Å². The van der Waals surface area contributed by atoms with Gasteiger partial charge < -0.3 is 19.7 Å². The molecule has 2 fully saturated rings. The van der Waals surface area contributed by atoms with E-state index in [0.29, 0.717) is 18.0 Å². The Morgan fingerprint density at radius 1 is 1.35 bits per heavy atom. The maximum atomic E-state index is 14.2. The predicted molar refractivity (Wildman–Crippen MR) is 76.0 cm³/mol. The lowest BCUT2D eigenvalue weighted by Crippen LogP contribution is -2.43. The molecule has 0 saturated carbocycles. The van der Waals surface area contributed by atoms with Crippen molar-refractivity contribution in [2.75, 3.05) is 44.3 Å². The molecule has 0 radical (unpaired) electrons. The fraction of sp³-hybridized carbons (Fsp3) is 0.600. The van der Waals surface area contributed by atoms with Crippen molar-refractivity contribution in [2.45, 2.75) is 18.9 Å². The summed E-state index contributed by atoms with van der Waals surface area (Å²) in [4.78, 5) is 2.07. The molecule has 0 bridgehead atoms. The molecule has 2 saturated heterocycles. The van der Waals surface area contributed by atoms with Crippen LogP contribution in [0.25, 0.3) is 0 Å². The van der Waals surface area contributed by atoms with Crippen LogP contribution in [0.5, 0.6) is 5.75 Å². The normalized spacial score (nSPS) is 23.1.